The Labute approximate surface area is 195 Å². The Morgan fingerprint density at radius 2 is 1.88 bits per heavy atom. The van der Waals surface area contributed by atoms with E-state index < -0.39 is 23.8 Å². The number of hydrogen-bond donors (Lipinski definition) is 2. The minimum Gasteiger partial charge on any atom is -0.442 e. The predicted octanol–water partition coefficient (Wildman–Crippen LogP) is 3.78. The monoisotopic (exact) mass is 466 g/mol. The molecule has 1 aliphatic heterocycles. The fourth-order valence-corrected chi connectivity index (χ4v) is 3.70. The number of nitrogens with one attached hydrogen (secondary N) is 2. The van der Waals surface area contributed by atoms with Gasteiger partial charge in [0.1, 0.15) is 17.7 Å². The number of amides is 2. The van der Waals surface area contributed by atoms with Gasteiger partial charge in [0.2, 0.25) is 5.91 Å². The minimum absolute atomic E-state index is 0.182. The van der Waals surface area contributed by atoms with Gasteiger partial charge in [-0.3, -0.25) is 14.7 Å². The molecule has 1 atom stereocenters. The number of ether oxygens (including phenoxy) is 1. The lowest BCUT2D eigenvalue weighted by Crippen LogP contribution is -2.33. The lowest BCUT2D eigenvalue weighted by atomic mass is 10.0. The smallest absolute Gasteiger partial charge is 0.414 e. The second-order valence-electron chi connectivity index (χ2n) is 7.98. The van der Waals surface area contributed by atoms with Crippen LogP contribution in [0.25, 0.3) is 11.1 Å². The van der Waals surface area contributed by atoms with E-state index in [4.69, 9.17) is 4.74 Å². The van der Waals surface area contributed by atoms with Gasteiger partial charge >= 0.3 is 6.09 Å². The first-order valence-electron chi connectivity index (χ1n) is 10.8. The van der Waals surface area contributed by atoms with Gasteiger partial charge in [0.05, 0.1) is 18.8 Å². The molecule has 7 nitrogen and oxygen atoms in total. The van der Waals surface area contributed by atoms with Gasteiger partial charge < -0.3 is 15.4 Å². The van der Waals surface area contributed by atoms with Gasteiger partial charge in [0.15, 0.2) is 0 Å². The molecule has 0 saturated carbocycles. The molecule has 34 heavy (non-hydrogen) atoms. The van der Waals surface area contributed by atoms with Crippen molar-refractivity contribution in [3.05, 3.63) is 83.7 Å². The van der Waals surface area contributed by atoms with Crippen molar-refractivity contribution in [3.63, 3.8) is 0 Å². The second kappa shape index (κ2) is 10.4. The van der Waals surface area contributed by atoms with Crippen molar-refractivity contribution >= 4 is 17.7 Å². The van der Waals surface area contributed by atoms with Crippen molar-refractivity contribution in [2.45, 2.75) is 26.1 Å². The van der Waals surface area contributed by atoms with E-state index in [0.717, 1.165) is 5.56 Å². The van der Waals surface area contributed by atoms with Crippen LogP contribution >= 0.6 is 0 Å². The van der Waals surface area contributed by atoms with Gasteiger partial charge in [-0.05, 0) is 47.5 Å². The number of rotatable bonds is 8. The van der Waals surface area contributed by atoms with Crippen molar-refractivity contribution in [1.29, 1.82) is 0 Å². The van der Waals surface area contributed by atoms with E-state index in [9.17, 15) is 18.4 Å². The summed E-state index contributed by atoms with van der Waals surface area (Å²) in [6, 6.07) is 12.7. The van der Waals surface area contributed by atoms with Gasteiger partial charge in [-0.1, -0.05) is 12.1 Å². The average molecular weight is 466 g/mol. The highest BCUT2D eigenvalue weighted by molar-refractivity contribution is 5.90. The Hall–Kier alpha value is -3.85. The molecule has 4 rings (SSSR count). The molecule has 0 bridgehead atoms. The van der Waals surface area contributed by atoms with E-state index >= 15 is 0 Å². The third-order valence-electron chi connectivity index (χ3n) is 5.48. The normalized spacial score (nSPS) is 15.3. The summed E-state index contributed by atoms with van der Waals surface area (Å²) >= 11 is 0. The van der Waals surface area contributed by atoms with Crippen molar-refractivity contribution in [2.24, 2.45) is 0 Å². The SMILES string of the molecule is CC(=O)NC[C@H]1CN(c2ccc(-c3ccc(CNCc4ccncc4)c(F)c3)c(F)c2)C(=O)O1. The Morgan fingerprint density at radius 3 is 2.59 bits per heavy atom. The Bertz CT molecular complexity index is 1190. The fourth-order valence-electron chi connectivity index (χ4n) is 3.70. The minimum atomic E-state index is -0.614. The largest absolute Gasteiger partial charge is 0.442 e. The first kappa shape index (κ1) is 23.3. The van der Waals surface area contributed by atoms with Crippen LogP contribution in [0.3, 0.4) is 0 Å². The maximum absolute atomic E-state index is 14.9. The molecule has 0 unspecified atom stereocenters. The standard InChI is InChI=1S/C25H24F2N4O3/c1-16(32)30-14-21-15-31(25(33)34-21)20-4-5-22(24(27)11-20)18-2-3-19(23(26)10-18)13-29-12-17-6-8-28-9-7-17/h2-11,21,29H,12-15H2,1H3,(H,30,32)/t21-/m0/s1. The third kappa shape index (κ3) is 5.55. The maximum atomic E-state index is 14.9. The molecule has 2 N–H and O–H groups in total. The highest BCUT2D eigenvalue weighted by Crippen LogP contribution is 2.30. The van der Waals surface area contributed by atoms with Crippen LogP contribution in [0.1, 0.15) is 18.1 Å². The summed E-state index contributed by atoms with van der Waals surface area (Å²) < 4.78 is 34.8. The van der Waals surface area contributed by atoms with Crippen LogP contribution in [0.2, 0.25) is 0 Å². The van der Waals surface area contributed by atoms with E-state index in [1.54, 1.807) is 30.6 Å². The zero-order valence-corrected chi connectivity index (χ0v) is 18.6. The zero-order chi connectivity index (χ0) is 24.1. The Kier molecular flexibility index (Phi) is 7.12. The number of benzene rings is 2. The molecular formula is C25H24F2N4O3. The number of pyridine rings is 1. The third-order valence-corrected chi connectivity index (χ3v) is 5.48. The number of carbonyl (C=O) groups is 2. The van der Waals surface area contributed by atoms with Crippen LogP contribution in [0.4, 0.5) is 19.3 Å². The van der Waals surface area contributed by atoms with E-state index in [2.05, 4.69) is 15.6 Å². The van der Waals surface area contributed by atoms with E-state index in [-0.39, 0.29) is 24.6 Å². The lowest BCUT2D eigenvalue weighted by molar-refractivity contribution is -0.119. The van der Waals surface area contributed by atoms with E-state index in [0.29, 0.717) is 29.9 Å². The van der Waals surface area contributed by atoms with Gasteiger partial charge in [-0.2, -0.15) is 0 Å². The molecular weight excluding hydrogens is 442 g/mol. The highest BCUT2D eigenvalue weighted by Gasteiger charge is 2.32. The summed E-state index contributed by atoms with van der Waals surface area (Å²) in [4.78, 5) is 28.5. The average Bonchev–Trinajstić information content (AvgIpc) is 3.20. The molecule has 176 valence electrons. The number of halogens is 2. The molecule has 0 spiro atoms. The molecule has 3 aromatic rings. The second-order valence-corrected chi connectivity index (χ2v) is 7.98. The van der Waals surface area contributed by atoms with Crippen molar-refractivity contribution in [2.75, 3.05) is 18.0 Å². The van der Waals surface area contributed by atoms with Crippen LogP contribution in [0.5, 0.6) is 0 Å². The van der Waals surface area contributed by atoms with Crippen LogP contribution in [-0.2, 0) is 22.6 Å². The van der Waals surface area contributed by atoms with Gasteiger partial charge in [0, 0.05) is 43.5 Å². The number of aromatic nitrogens is 1. The molecule has 2 heterocycles. The molecule has 1 aliphatic rings. The fraction of sp³-hybridized carbons (Fsp3) is 0.240. The molecule has 0 aliphatic carbocycles. The number of hydrogen-bond acceptors (Lipinski definition) is 5. The van der Waals surface area contributed by atoms with Crippen LogP contribution in [0.15, 0.2) is 60.9 Å². The molecule has 9 heteroatoms. The topological polar surface area (TPSA) is 83.6 Å². The lowest BCUT2D eigenvalue weighted by Gasteiger charge is -2.15. The highest BCUT2D eigenvalue weighted by atomic mass is 19.1. The summed E-state index contributed by atoms with van der Waals surface area (Å²) in [6.07, 6.45) is 2.26. The molecule has 2 aromatic carbocycles. The zero-order valence-electron chi connectivity index (χ0n) is 18.6. The van der Waals surface area contributed by atoms with Crippen LogP contribution in [0, 0.1) is 11.6 Å². The van der Waals surface area contributed by atoms with Crippen molar-refractivity contribution < 1.29 is 23.1 Å². The molecule has 1 aromatic heterocycles. The molecule has 0 radical (unpaired) electrons. The first-order valence-corrected chi connectivity index (χ1v) is 10.8. The number of cyclic esters (lactones) is 1. The summed E-state index contributed by atoms with van der Waals surface area (Å²) in [5.41, 5.74) is 2.46. The first-order chi connectivity index (χ1) is 16.4. The Morgan fingerprint density at radius 1 is 1.09 bits per heavy atom. The summed E-state index contributed by atoms with van der Waals surface area (Å²) in [6.45, 7) is 2.64. The summed E-state index contributed by atoms with van der Waals surface area (Å²) in [7, 11) is 0. The van der Waals surface area contributed by atoms with Crippen molar-refractivity contribution in [3.8, 4) is 11.1 Å². The molecule has 2 amide bonds. The molecule has 1 saturated heterocycles. The number of carbonyl (C=O) groups excluding carboxylic acids is 2. The van der Waals surface area contributed by atoms with Crippen molar-refractivity contribution in [1.82, 2.24) is 15.6 Å². The Balaban J connectivity index is 1.42. The molecule has 1 fully saturated rings. The van der Waals surface area contributed by atoms with Gasteiger partial charge in [-0.25, -0.2) is 13.6 Å². The van der Waals surface area contributed by atoms with Crippen LogP contribution in [-0.4, -0.2) is 36.2 Å². The number of nitrogens with zero attached hydrogens (tertiary/aromatic N) is 2. The summed E-state index contributed by atoms with van der Waals surface area (Å²) in [5.74, 6) is -1.25. The van der Waals surface area contributed by atoms with E-state index in [1.807, 2.05) is 12.1 Å². The van der Waals surface area contributed by atoms with Gasteiger partial charge in [-0.15, -0.1) is 0 Å². The predicted molar refractivity (Wildman–Crippen MR) is 123 cm³/mol. The number of anilines is 1. The summed E-state index contributed by atoms with van der Waals surface area (Å²) in [5, 5.41) is 5.77. The van der Waals surface area contributed by atoms with Gasteiger partial charge in [0.25, 0.3) is 0 Å². The van der Waals surface area contributed by atoms with E-state index in [1.165, 1.54) is 30.0 Å². The quantitative estimate of drug-likeness (QED) is 0.528. The van der Waals surface area contributed by atoms with Crippen LogP contribution < -0.4 is 15.5 Å². The maximum Gasteiger partial charge on any atom is 0.414 e.